The molecule has 0 saturated heterocycles. The number of carbonyl (C=O) groups excluding carboxylic acids is 1. The third kappa shape index (κ3) is 4.63. The summed E-state index contributed by atoms with van der Waals surface area (Å²) in [7, 11) is 1.57. The van der Waals surface area contributed by atoms with Crippen LogP contribution in [0, 0.1) is 0 Å². The molecule has 1 rings (SSSR count). The van der Waals surface area contributed by atoms with E-state index in [2.05, 4.69) is 5.32 Å². The number of aliphatic hydroxyl groups is 1. The van der Waals surface area contributed by atoms with Gasteiger partial charge in [0.1, 0.15) is 11.5 Å². The summed E-state index contributed by atoms with van der Waals surface area (Å²) in [5, 5.41) is 11.3. The van der Waals surface area contributed by atoms with Gasteiger partial charge in [0.15, 0.2) is 6.10 Å². The van der Waals surface area contributed by atoms with Crippen molar-refractivity contribution in [3.05, 3.63) is 24.3 Å². The lowest BCUT2D eigenvalue weighted by Gasteiger charge is -2.15. The van der Waals surface area contributed by atoms with E-state index in [0.717, 1.165) is 0 Å². The highest BCUT2D eigenvalue weighted by atomic mass is 16.5. The number of benzene rings is 1. The Morgan fingerprint density at radius 2 is 2.17 bits per heavy atom. The monoisotopic (exact) mass is 253 g/mol. The van der Waals surface area contributed by atoms with Crippen LogP contribution in [0.5, 0.6) is 11.5 Å². The molecule has 0 radical (unpaired) electrons. The summed E-state index contributed by atoms with van der Waals surface area (Å²) < 4.78 is 10.6. The van der Waals surface area contributed by atoms with Crippen molar-refractivity contribution in [2.75, 3.05) is 20.3 Å². The molecule has 0 bridgehead atoms. The second-order valence-corrected chi connectivity index (χ2v) is 3.81. The lowest BCUT2D eigenvalue weighted by atomic mass is 10.3. The Balaban J connectivity index is 2.47. The molecule has 0 aliphatic carbocycles. The fraction of sp³-hybridized carbons (Fsp3) is 0.462. The predicted molar refractivity (Wildman–Crippen MR) is 67.8 cm³/mol. The highest BCUT2D eigenvalue weighted by Gasteiger charge is 2.13. The van der Waals surface area contributed by atoms with Gasteiger partial charge in [0.05, 0.1) is 7.11 Å². The zero-order valence-electron chi connectivity index (χ0n) is 10.7. The standard InChI is InChI=1S/C13H19NO4/c1-10(13(16)14-7-4-8-15)18-12-6-3-5-11(9-12)17-2/h3,5-6,9-10,15H,4,7-8H2,1-2H3,(H,14,16). The maximum absolute atomic E-state index is 11.6. The van der Waals surface area contributed by atoms with Crippen LogP contribution < -0.4 is 14.8 Å². The third-order valence-electron chi connectivity index (χ3n) is 2.36. The molecule has 1 amide bonds. The Morgan fingerprint density at radius 3 is 2.83 bits per heavy atom. The Hall–Kier alpha value is -1.75. The molecule has 1 aromatic carbocycles. The number of carbonyl (C=O) groups is 1. The minimum absolute atomic E-state index is 0.0609. The van der Waals surface area contributed by atoms with Gasteiger partial charge in [0, 0.05) is 19.2 Å². The van der Waals surface area contributed by atoms with E-state index in [0.29, 0.717) is 24.5 Å². The van der Waals surface area contributed by atoms with Crippen LogP contribution in [0.15, 0.2) is 24.3 Å². The number of aliphatic hydroxyl groups excluding tert-OH is 1. The van der Waals surface area contributed by atoms with Crippen LogP contribution in [0.3, 0.4) is 0 Å². The van der Waals surface area contributed by atoms with E-state index in [-0.39, 0.29) is 12.5 Å². The Bertz CT molecular complexity index is 381. The number of amides is 1. The summed E-state index contributed by atoms with van der Waals surface area (Å²) in [4.78, 5) is 11.6. The summed E-state index contributed by atoms with van der Waals surface area (Å²) in [6.45, 7) is 2.18. The van der Waals surface area contributed by atoms with Crippen molar-refractivity contribution in [1.82, 2.24) is 5.32 Å². The topological polar surface area (TPSA) is 67.8 Å². The SMILES string of the molecule is COc1cccc(OC(C)C(=O)NCCCO)c1. The molecule has 0 heterocycles. The van der Waals surface area contributed by atoms with Crippen molar-refractivity contribution in [2.24, 2.45) is 0 Å². The number of methoxy groups -OCH3 is 1. The second kappa shape index (κ2) is 7.55. The summed E-state index contributed by atoms with van der Waals surface area (Å²) in [5.41, 5.74) is 0. The smallest absolute Gasteiger partial charge is 0.260 e. The average Bonchev–Trinajstić information content (AvgIpc) is 2.39. The van der Waals surface area contributed by atoms with E-state index in [1.54, 1.807) is 38.3 Å². The van der Waals surface area contributed by atoms with Gasteiger partial charge >= 0.3 is 0 Å². The van der Waals surface area contributed by atoms with E-state index >= 15 is 0 Å². The summed E-state index contributed by atoms with van der Waals surface area (Å²) in [6, 6.07) is 7.08. The molecular formula is C13H19NO4. The van der Waals surface area contributed by atoms with E-state index in [1.807, 2.05) is 0 Å². The van der Waals surface area contributed by atoms with Gasteiger partial charge in [-0.05, 0) is 25.5 Å². The van der Waals surface area contributed by atoms with Crippen molar-refractivity contribution in [3.63, 3.8) is 0 Å². The molecule has 0 fully saturated rings. The maximum atomic E-state index is 11.6. The molecule has 1 atom stereocenters. The summed E-state index contributed by atoms with van der Waals surface area (Å²) >= 11 is 0. The van der Waals surface area contributed by atoms with Gasteiger partial charge in [0.2, 0.25) is 0 Å². The van der Waals surface area contributed by atoms with Crippen LogP contribution >= 0.6 is 0 Å². The molecule has 1 unspecified atom stereocenters. The Morgan fingerprint density at radius 1 is 1.44 bits per heavy atom. The highest BCUT2D eigenvalue weighted by molar-refractivity contribution is 5.80. The van der Waals surface area contributed by atoms with Gasteiger partial charge in [-0.25, -0.2) is 0 Å². The Labute approximate surface area is 107 Å². The first kappa shape index (κ1) is 14.3. The molecule has 1 aromatic rings. The van der Waals surface area contributed by atoms with Crippen molar-refractivity contribution in [2.45, 2.75) is 19.4 Å². The summed E-state index contributed by atoms with van der Waals surface area (Å²) in [5.74, 6) is 1.06. The molecule has 5 heteroatoms. The molecular weight excluding hydrogens is 234 g/mol. The van der Waals surface area contributed by atoms with Crippen LogP contribution in [0.4, 0.5) is 0 Å². The maximum Gasteiger partial charge on any atom is 0.260 e. The molecule has 0 spiro atoms. The van der Waals surface area contributed by atoms with Crippen LogP contribution in [-0.4, -0.2) is 37.4 Å². The van der Waals surface area contributed by atoms with Crippen molar-refractivity contribution in [3.8, 4) is 11.5 Å². The zero-order valence-corrected chi connectivity index (χ0v) is 10.7. The number of hydrogen-bond acceptors (Lipinski definition) is 4. The number of nitrogens with one attached hydrogen (secondary N) is 1. The van der Waals surface area contributed by atoms with Crippen molar-refractivity contribution < 1.29 is 19.4 Å². The molecule has 18 heavy (non-hydrogen) atoms. The highest BCUT2D eigenvalue weighted by Crippen LogP contribution is 2.19. The van der Waals surface area contributed by atoms with Crippen molar-refractivity contribution in [1.29, 1.82) is 0 Å². The van der Waals surface area contributed by atoms with E-state index in [9.17, 15) is 4.79 Å². The quantitative estimate of drug-likeness (QED) is 0.710. The lowest BCUT2D eigenvalue weighted by Crippen LogP contribution is -2.37. The van der Waals surface area contributed by atoms with Crippen molar-refractivity contribution >= 4 is 5.91 Å². The van der Waals surface area contributed by atoms with Crippen LogP contribution in [0.25, 0.3) is 0 Å². The van der Waals surface area contributed by atoms with Crippen LogP contribution in [-0.2, 0) is 4.79 Å². The first-order chi connectivity index (χ1) is 8.67. The first-order valence-corrected chi connectivity index (χ1v) is 5.86. The molecule has 2 N–H and O–H groups in total. The molecule has 100 valence electrons. The fourth-order valence-electron chi connectivity index (χ4n) is 1.37. The van der Waals surface area contributed by atoms with Gasteiger partial charge < -0.3 is 19.9 Å². The normalized spacial score (nSPS) is 11.7. The van der Waals surface area contributed by atoms with Gasteiger partial charge in [-0.1, -0.05) is 6.07 Å². The van der Waals surface area contributed by atoms with Gasteiger partial charge in [-0.3, -0.25) is 4.79 Å². The molecule has 5 nitrogen and oxygen atoms in total. The number of ether oxygens (including phenoxy) is 2. The van der Waals surface area contributed by atoms with E-state index in [4.69, 9.17) is 14.6 Å². The fourth-order valence-corrected chi connectivity index (χ4v) is 1.37. The largest absolute Gasteiger partial charge is 0.497 e. The second-order valence-electron chi connectivity index (χ2n) is 3.81. The predicted octanol–water partition coefficient (Wildman–Crippen LogP) is 0.961. The number of rotatable bonds is 7. The van der Waals surface area contributed by atoms with E-state index in [1.165, 1.54) is 0 Å². The van der Waals surface area contributed by atoms with Crippen LogP contribution in [0.2, 0.25) is 0 Å². The number of hydrogen-bond donors (Lipinski definition) is 2. The van der Waals surface area contributed by atoms with Gasteiger partial charge in [-0.2, -0.15) is 0 Å². The average molecular weight is 253 g/mol. The third-order valence-corrected chi connectivity index (χ3v) is 2.36. The minimum atomic E-state index is -0.587. The molecule has 0 aliphatic heterocycles. The molecule has 0 saturated carbocycles. The molecule has 0 aromatic heterocycles. The van der Waals surface area contributed by atoms with Gasteiger partial charge in [0.25, 0.3) is 5.91 Å². The molecule has 0 aliphatic rings. The van der Waals surface area contributed by atoms with Crippen LogP contribution in [0.1, 0.15) is 13.3 Å². The lowest BCUT2D eigenvalue weighted by molar-refractivity contribution is -0.127. The van der Waals surface area contributed by atoms with E-state index < -0.39 is 6.10 Å². The minimum Gasteiger partial charge on any atom is -0.497 e. The zero-order chi connectivity index (χ0) is 13.4. The first-order valence-electron chi connectivity index (χ1n) is 5.86. The summed E-state index contributed by atoms with van der Waals surface area (Å²) in [6.07, 6.45) is -0.0479. The van der Waals surface area contributed by atoms with Gasteiger partial charge in [-0.15, -0.1) is 0 Å². The Kier molecular flexibility index (Phi) is 6.00.